The summed E-state index contributed by atoms with van der Waals surface area (Å²) in [6.45, 7) is 2.04. The van der Waals surface area contributed by atoms with Crippen LogP contribution in [0.3, 0.4) is 0 Å². The van der Waals surface area contributed by atoms with Gasteiger partial charge in [-0.3, -0.25) is 9.59 Å². The van der Waals surface area contributed by atoms with Crippen molar-refractivity contribution in [2.24, 2.45) is 0 Å². The van der Waals surface area contributed by atoms with Crippen LogP contribution in [0.1, 0.15) is 37.5 Å². The summed E-state index contributed by atoms with van der Waals surface area (Å²) in [6, 6.07) is 0.774. The number of carbonyl (C=O) groups is 2. The van der Waals surface area contributed by atoms with Crippen molar-refractivity contribution in [2.75, 3.05) is 0 Å². The van der Waals surface area contributed by atoms with E-state index in [0.29, 0.717) is 13.0 Å². The lowest BCUT2D eigenvalue weighted by atomic mass is 9.85. The number of carbonyl (C=O) groups excluding carboxylic acids is 2. The summed E-state index contributed by atoms with van der Waals surface area (Å²) in [4.78, 5) is 22.3. The fourth-order valence-electron chi connectivity index (χ4n) is 2.71. The second kappa shape index (κ2) is 7.65. The molecule has 0 radical (unpaired) electrons. The first-order valence-electron chi connectivity index (χ1n) is 7.91. The summed E-state index contributed by atoms with van der Waals surface area (Å²) < 4.78 is 130. The van der Waals surface area contributed by atoms with Crippen LogP contribution in [0, 0.1) is 6.92 Å². The third-order valence-electron chi connectivity index (χ3n) is 4.02. The van der Waals surface area contributed by atoms with Gasteiger partial charge >= 0.3 is 36.1 Å². The van der Waals surface area contributed by atoms with Gasteiger partial charge in [0.25, 0.3) is 0 Å². The summed E-state index contributed by atoms with van der Waals surface area (Å²) in [5, 5.41) is 0. The van der Waals surface area contributed by atoms with Gasteiger partial charge in [0, 0.05) is 25.0 Å². The molecule has 1 aromatic carbocycles. The van der Waals surface area contributed by atoms with Crippen molar-refractivity contribution in [3.8, 4) is 0 Å². The molecule has 0 aliphatic carbocycles. The van der Waals surface area contributed by atoms with Gasteiger partial charge in [0.1, 0.15) is 0 Å². The fraction of sp³-hybridized carbons (Fsp3) is 0.529. The average Bonchev–Trinajstić information content (AvgIpc) is 2.47. The van der Waals surface area contributed by atoms with Crippen LogP contribution in [0.5, 0.6) is 0 Å². The van der Waals surface area contributed by atoms with Gasteiger partial charge < -0.3 is 9.47 Å². The van der Waals surface area contributed by atoms with Gasteiger partial charge in [-0.25, -0.2) is 0 Å². The Hall–Kier alpha value is -2.47. The van der Waals surface area contributed by atoms with E-state index in [1.807, 2.05) is 0 Å². The molecule has 0 N–H and O–H groups in total. The maximum Gasteiger partial charge on any atom is 0.442 e. The molecule has 0 aliphatic heterocycles. The second-order valence-electron chi connectivity index (χ2n) is 6.48. The van der Waals surface area contributed by atoms with E-state index in [-0.39, 0.29) is 26.0 Å². The standard InChI is InChI=1S/C17H15F9O4/c1-8-5-11(13(4,15(18,19)20)29-9(2)27)7-12(6-8)14(16(21,22)23,17(24,25)26)30-10(3)28/h5-7H,1-4H3. The molecular formula is C17H15F9O4. The molecule has 0 amide bonds. The molecule has 0 saturated heterocycles. The molecule has 0 aliphatic rings. The highest BCUT2D eigenvalue weighted by Gasteiger charge is 2.75. The van der Waals surface area contributed by atoms with Crippen LogP contribution in [0.25, 0.3) is 0 Å². The lowest BCUT2D eigenvalue weighted by Crippen LogP contribution is -2.57. The molecule has 30 heavy (non-hydrogen) atoms. The average molecular weight is 454 g/mol. The van der Waals surface area contributed by atoms with Crippen LogP contribution in [-0.4, -0.2) is 30.5 Å². The van der Waals surface area contributed by atoms with Gasteiger partial charge in [-0.2, -0.15) is 39.5 Å². The number of halogens is 9. The third kappa shape index (κ3) is 4.48. The minimum atomic E-state index is -6.29. The summed E-state index contributed by atoms with van der Waals surface area (Å²) in [5.74, 6) is -3.47. The lowest BCUT2D eigenvalue weighted by Gasteiger charge is -2.38. The fourth-order valence-corrected chi connectivity index (χ4v) is 2.71. The number of hydrogen-bond acceptors (Lipinski definition) is 4. The largest absolute Gasteiger partial charge is 0.445 e. The number of rotatable bonds is 4. The maximum atomic E-state index is 13.6. The Bertz CT molecular complexity index is 810. The van der Waals surface area contributed by atoms with Gasteiger partial charge in [0.05, 0.1) is 0 Å². The van der Waals surface area contributed by atoms with Crippen molar-refractivity contribution in [1.29, 1.82) is 0 Å². The Balaban J connectivity index is 4.03. The highest BCUT2D eigenvalue weighted by molar-refractivity contribution is 5.68. The molecule has 1 rings (SSSR count). The minimum Gasteiger partial charge on any atom is -0.445 e. The first-order chi connectivity index (χ1) is 13.2. The number of alkyl halides is 9. The smallest absolute Gasteiger partial charge is 0.442 e. The molecule has 1 aromatic rings. The molecule has 0 spiro atoms. The Morgan fingerprint density at radius 3 is 1.43 bits per heavy atom. The van der Waals surface area contributed by atoms with Crippen molar-refractivity contribution in [2.45, 2.75) is 57.4 Å². The predicted molar refractivity (Wildman–Crippen MR) is 81.9 cm³/mol. The van der Waals surface area contributed by atoms with Gasteiger partial charge in [-0.1, -0.05) is 17.7 Å². The van der Waals surface area contributed by atoms with Crippen molar-refractivity contribution in [3.63, 3.8) is 0 Å². The molecule has 0 heterocycles. The normalized spacial score (nSPS) is 15.4. The van der Waals surface area contributed by atoms with E-state index >= 15 is 0 Å². The van der Waals surface area contributed by atoms with Crippen molar-refractivity contribution in [3.05, 3.63) is 34.9 Å². The SMILES string of the molecule is CC(=O)OC(C)(c1cc(C)cc(C(OC(C)=O)(C(F)(F)F)C(F)(F)F)c1)C(F)(F)F. The summed E-state index contributed by atoms with van der Waals surface area (Å²) in [7, 11) is 0. The van der Waals surface area contributed by atoms with Crippen LogP contribution in [0.15, 0.2) is 18.2 Å². The van der Waals surface area contributed by atoms with Crippen LogP contribution in [0.2, 0.25) is 0 Å². The van der Waals surface area contributed by atoms with Crippen LogP contribution in [-0.2, 0) is 30.3 Å². The Labute approximate surface area is 163 Å². The topological polar surface area (TPSA) is 52.6 Å². The number of aryl methyl sites for hydroxylation is 1. The molecule has 1 atom stereocenters. The zero-order chi connectivity index (χ0) is 23.9. The number of esters is 2. The molecular weight excluding hydrogens is 439 g/mol. The Morgan fingerprint density at radius 2 is 1.10 bits per heavy atom. The minimum absolute atomic E-state index is 0.104. The predicted octanol–water partition coefficient (Wildman–Crippen LogP) is 5.22. The first-order valence-corrected chi connectivity index (χ1v) is 7.91. The van der Waals surface area contributed by atoms with Crippen LogP contribution < -0.4 is 0 Å². The second-order valence-corrected chi connectivity index (χ2v) is 6.48. The van der Waals surface area contributed by atoms with Crippen molar-refractivity contribution >= 4 is 11.9 Å². The molecule has 0 saturated carbocycles. The molecule has 0 aromatic heterocycles. The van der Waals surface area contributed by atoms with E-state index in [1.54, 1.807) is 0 Å². The van der Waals surface area contributed by atoms with Crippen molar-refractivity contribution < 1.29 is 58.6 Å². The molecule has 1 unspecified atom stereocenters. The lowest BCUT2D eigenvalue weighted by molar-refractivity contribution is -0.377. The van der Waals surface area contributed by atoms with E-state index in [0.717, 1.165) is 6.92 Å². The highest BCUT2D eigenvalue weighted by atomic mass is 19.4. The maximum absolute atomic E-state index is 13.6. The molecule has 4 nitrogen and oxygen atoms in total. The summed E-state index contributed by atoms with van der Waals surface area (Å²) >= 11 is 0. The van der Waals surface area contributed by atoms with Gasteiger partial charge in [-0.05, 0) is 19.9 Å². The first kappa shape index (κ1) is 25.6. The van der Waals surface area contributed by atoms with E-state index in [2.05, 4.69) is 9.47 Å². The molecule has 0 bridgehead atoms. The zero-order valence-electron chi connectivity index (χ0n) is 15.8. The van der Waals surface area contributed by atoms with Crippen LogP contribution in [0.4, 0.5) is 39.5 Å². The van der Waals surface area contributed by atoms with E-state index in [9.17, 15) is 49.1 Å². The summed E-state index contributed by atoms with van der Waals surface area (Å²) in [6.07, 6.45) is -18.0. The van der Waals surface area contributed by atoms with Gasteiger partial charge in [0.15, 0.2) is 0 Å². The Kier molecular flexibility index (Phi) is 6.52. The van der Waals surface area contributed by atoms with Crippen LogP contribution >= 0.6 is 0 Å². The number of benzene rings is 1. The highest BCUT2D eigenvalue weighted by Crippen LogP contribution is 2.54. The number of ether oxygens (including phenoxy) is 2. The van der Waals surface area contributed by atoms with E-state index in [4.69, 9.17) is 0 Å². The Morgan fingerprint density at radius 1 is 0.700 bits per heavy atom. The van der Waals surface area contributed by atoms with E-state index < -0.39 is 58.4 Å². The zero-order valence-corrected chi connectivity index (χ0v) is 15.8. The molecule has 13 heteroatoms. The number of hydrogen-bond donors (Lipinski definition) is 0. The van der Waals surface area contributed by atoms with Gasteiger partial charge in [0.2, 0.25) is 5.60 Å². The monoisotopic (exact) mass is 454 g/mol. The van der Waals surface area contributed by atoms with Gasteiger partial charge in [-0.15, -0.1) is 0 Å². The molecule has 0 fully saturated rings. The molecule has 170 valence electrons. The summed E-state index contributed by atoms with van der Waals surface area (Å²) in [5.41, 5.74) is -12.4. The van der Waals surface area contributed by atoms with E-state index in [1.165, 1.54) is 0 Å². The third-order valence-corrected chi connectivity index (χ3v) is 4.02. The van der Waals surface area contributed by atoms with Crippen molar-refractivity contribution in [1.82, 2.24) is 0 Å². The quantitative estimate of drug-likeness (QED) is 0.463.